The van der Waals surface area contributed by atoms with Crippen LogP contribution in [0.5, 0.6) is 17.2 Å². The van der Waals surface area contributed by atoms with Crippen molar-refractivity contribution in [3.05, 3.63) is 47.8 Å². The van der Waals surface area contributed by atoms with Crippen LogP contribution in [0, 0.1) is 23.1 Å². The van der Waals surface area contributed by atoms with E-state index in [2.05, 4.69) is 30.2 Å². The van der Waals surface area contributed by atoms with Crippen LogP contribution in [0.15, 0.2) is 41.6 Å². The summed E-state index contributed by atoms with van der Waals surface area (Å²) in [6.45, 7) is 4.31. The van der Waals surface area contributed by atoms with Crippen LogP contribution < -0.4 is 19.5 Å². The first-order valence-electron chi connectivity index (χ1n) is 10.7. The molecule has 0 fully saturated rings. The van der Waals surface area contributed by atoms with Crippen LogP contribution in [0.25, 0.3) is 11.3 Å². The molecule has 0 amide bonds. The van der Waals surface area contributed by atoms with Crippen molar-refractivity contribution in [2.45, 2.75) is 25.4 Å². The molecule has 1 N–H and O–H groups in total. The van der Waals surface area contributed by atoms with Gasteiger partial charge in [-0.1, -0.05) is 25.6 Å². The number of ether oxygens (including phenoxy) is 3. The number of benzene rings is 2. The van der Waals surface area contributed by atoms with Crippen LogP contribution in [0.3, 0.4) is 0 Å². The molecule has 178 valence electrons. The van der Waals surface area contributed by atoms with Crippen molar-refractivity contribution in [1.82, 2.24) is 9.97 Å². The second-order valence-electron chi connectivity index (χ2n) is 7.77. The SMILES string of the molecule is COc1cc(-c2nc(SCCC(C)C)nc(Nc3ccc(F)cc3)c2C#N)cc(OC)c1OC. The lowest BCUT2D eigenvalue weighted by Gasteiger charge is -2.16. The van der Waals surface area contributed by atoms with Crippen LogP contribution >= 0.6 is 11.8 Å². The molecule has 0 aliphatic carbocycles. The molecule has 2 aromatic carbocycles. The Bertz CT molecular complexity index is 1160. The summed E-state index contributed by atoms with van der Waals surface area (Å²) in [5.74, 6) is 2.68. The van der Waals surface area contributed by atoms with E-state index >= 15 is 0 Å². The molecule has 0 bridgehead atoms. The van der Waals surface area contributed by atoms with Crippen molar-refractivity contribution >= 4 is 23.3 Å². The molecule has 9 heteroatoms. The van der Waals surface area contributed by atoms with Crippen LogP contribution in [-0.2, 0) is 0 Å². The summed E-state index contributed by atoms with van der Waals surface area (Å²) in [5.41, 5.74) is 1.88. The maximum Gasteiger partial charge on any atom is 0.203 e. The van der Waals surface area contributed by atoms with Crippen LogP contribution in [-0.4, -0.2) is 37.1 Å². The highest BCUT2D eigenvalue weighted by atomic mass is 32.2. The standard InChI is InChI=1S/C25H27FN4O3S/c1-15(2)10-11-34-25-29-22(16-12-20(31-3)23(33-5)21(13-16)32-4)19(14-27)24(30-25)28-18-8-6-17(26)7-9-18/h6-9,12-13,15H,10-11H2,1-5H3,(H,28,29,30). The molecule has 0 atom stereocenters. The van der Waals surface area contributed by atoms with Crippen LogP contribution in [0.4, 0.5) is 15.9 Å². The minimum Gasteiger partial charge on any atom is -0.493 e. The Labute approximate surface area is 203 Å². The lowest BCUT2D eigenvalue weighted by molar-refractivity contribution is 0.324. The molecule has 0 aliphatic heterocycles. The third kappa shape index (κ3) is 5.88. The maximum absolute atomic E-state index is 13.4. The predicted molar refractivity (Wildman–Crippen MR) is 132 cm³/mol. The third-order valence-corrected chi connectivity index (χ3v) is 5.85. The van der Waals surface area contributed by atoms with Crippen molar-refractivity contribution in [3.8, 4) is 34.6 Å². The summed E-state index contributed by atoms with van der Waals surface area (Å²) < 4.78 is 29.8. The fraction of sp³-hybridized carbons (Fsp3) is 0.320. The van der Waals surface area contributed by atoms with Crippen molar-refractivity contribution < 1.29 is 18.6 Å². The molecule has 3 aromatic rings. The molecular formula is C25H27FN4O3S. The number of anilines is 2. The average Bonchev–Trinajstić information content (AvgIpc) is 2.83. The largest absolute Gasteiger partial charge is 0.493 e. The zero-order valence-corrected chi connectivity index (χ0v) is 20.6. The van der Waals surface area contributed by atoms with E-state index in [-0.39, 0.29) is 11.4 Å². The van der Waals surface area contributed by atoms with Gasteiger partial charge in [-0.15, -0.1) is 0 Å². The molecule has 0 saturated heterocycles. The Morgan fingerprint density at radius 3 is 2.21 bits per heavy atom. The molecule has 1 heterocycles. The van der Waals surface area contributed by atoms with E-state index in [4.69, 9.17) is 19.2 Å². The molecule has 1 aromatic heterocycles. The second-order valence-corrected chi connectivity index (χ2v) is 8.83. The van der Waals surface area contributed by atoms with Gasteiger partial charge >= 0.3 is 0 Å². The number of nitriles is 1. The minimum absolute atomic E-state index is 0.242. The Morgan fingerprint density at radius 1 is 1.03 bits per heavy atom. The van der Waals surface area contributed by atoms with Crippen LogP contribution in [0.2, 0.25) is 0 Å². The predicted octanol–water partition coefficient (Wildman–Crippen LogP) is 6.06. The van der Waals surface area contributed by atoms with Gasteiger partial charge < -0.3 is 19.5 Å². The minimum atomic E-state index is -0.350. The van der Waals surface area contributed by atoms with Gasteiger partial charge in [-0.05, 0) is 48.7 Å². The van der Waals surface area contributed by atoms with Gasteiger partial charge in [0, 0.05) is 17.0 Å². The number of thioether (sulfide) groups is 1. The van der Waals surface area contributed by atoms with E-state index in [1.807, 2.05) is 0 Å². The van der Waals surface area contributed by atoms with Crippen molar-refractivity contribution in [1.29, 1.82) is 5.26 Å². The summed E-state index contributed by atoms with van der Waals surface area (Å²) >= 11 is 1.51. The maximum atomic E-state index is 13.4. The highest BCUT2D eigenvalue weighted by Crippen LogP contribution is 2.42. The molecule has 0 aliphatic rings. The molecule has 0 saturated carbocycles. The zero-order valence-electron chi connectivity index (χ0n) is 19.8. The average molecular weight is 483 g/mol. The lowest BCUT2D eigenvalue weighted by Crippen LogP contribution is -2.05. The number of nitrogens with zero attached hydrogens (tertiary/aromatic N) is 3. The quantitative estimate of drug-likeness (QED) is 0.275. The number of rotatable bonds is 10. The first-order valence-corrected chi connectivity index (χ1v) is 11.7. The molecule has 0 unspecified atom stereocenters. The van der Waals surface area contributed by atoms with Gasteiger partial charge in [-0.3, -0.25) is 0 Å². The zero-order chi connectivity index (χ0) is 24.7. The first kappa shape index (κ1) is 25.1. The Balaban J connectivity index is 2.16. The fourth-order valence-electron chi connectivity index (χ4n) is 3.18. The van der Waals surface area contributed by atoms with E-state index in [9.17, 15) is 9.65 Å². The number of methoxy groups -OCH3 is 3. The van der Waals surface area contributed by atoms with Gasteiger partial charge in [-0.2, -0.15) is 5.26 Å². The number of hydrogen-bond donors (Lipinski definition) is 1. The smallest absolute Gasteiger partial charge is 0.203 e. The fourth-order valence-corrected chi connectivity index (χ4v) is 4.27. The highest BCUT2D eigenvalue weighted by molar-refractivity contribution is 7.99. The summed E-state index contributed by atoms with van der Waals surface area (Å²) in [7, 11) is 4.58. The van der Waals surface area contributed by atoms with E-state index in [0.717, 1.165) is 12.2 Å². The Hall–Kier alpha value is -3.51. The Kier molecular flexibility index (Phi) is 8.55. The number of aromatic nitrogens is 2. The number of halogens is 1. The molecular weight excluding hydrogens is 455 g/mol. The van der Waals surface area contributed by atoms with Gasteiger partial charge in [-0.25, -0.2) is 14.4 Å². The Morgan fingerprint density at radius 2 is 1.68 bits per heavy atom. The summed E-state index contributed by atoms with van der Waals surface area (Å²) in [5, 5.41) is 13.7. The summed E-state index contributed by atoms with van der Waals surface area (Å²) in [6.07, 6.45) is 0.994. The van der Waals surface area contributed by atoms with E-state index in [1.165, 1.54) is 45.2 Å². The van der Waals surface area contributed by atoms with E-state index in [0.29, 0.717) is 51.1 Å². The molecule has 0 spiro atoms. The lowest BCUT2D eigenvalue weighted by atomic mass is 10.1. The van der Waals surface area contributed by atoms with Crippen molar-refractivity contribution in [3.63, 3.8) is 0 Å². The van der Waals surface area contributed by atoms with Gasteiger partial charge in [0.25, 0.3) is 0 Å². The normalized spacial score (nSPS) is 10.6. The van der Waals surface area contributed by atoms with Crippen molar-refractivity contribution in [2.75, 3.05) is 32.4 Å². The van der Waals surface area contributed by atoms with Gasteiger partial charge in [0.15, 0.2) is 22.5 Å². The molecule has 34 heavy (non-hydrogen) atoms. The monoisotopic (exact) mass is 482 g/mol. The van der Waals surface area contributed by atoms with E-state index in [1.54, 1.807) is 24.3 Å². The highest BCUT2D eigenvalue weighted by Gasteiger charge is 2.21. The summed E-state index contributed by atoms with van der Waals surface area (Å²) in [4.78, 5) is 9.31. The number of hydrogen-bond acceptors (Lipinski definition) is 8. The van der Waals surface area contributed by atoms with Crippen molar-refractivity contribution in [2.24, 2.45) is 5.92 Å². The van der Waals surface area contributed by atoms with Gasteiger partial charge in [0.1, 0.15) is 17.4 Å². The molecule has 0 radical (unpaired) electrons. The van der Waals surface area contributed by atoms with Gasteiger partial charge in [0.05, 0.1) is 27.0 Å². The van der Waals surface area contributed by atoms with Gasteiger partial charge in [0.2, 0.25) is 5.75 Å². The first-order chi connectivity index (χ1) is 16.4. The third-order valence-electron chi connectivity index (χ3n) is 4.97. The molecule has 3 rings (SSSR count). The van der Waals surface area contributed by atoms with Crippen LogP contribution in [0.1, 0.15) is 25.8 Å². The van der Waals surface area contributed by atoms with E-state index < -0.39 is 0 Å². The topological polar surface area (TPSA) is 89.3 Å². The summed E-state index contributed by atoms with van der Waals surface area (Å²) in [6, 6.07) is 11.6. The number of nitrogens with one attached hydrogen (secondary N) is 1. The molecule has 7 nitrogen and oxygen atoms in total. The second kappa shape index (κ2) is 11.6.